The molecule has 3 rings (SSSR count). The van der Waals surface area contributed by atoms with Gasteiger partial charge in [0.1, 0.15) is 0 Å². The number of aliphatic hydroxyl groups excluding tert-OH is 2. The lowest BCUT2D eigenvalue weighted by Crippen LogP contribution is -2.25. The van der Waals surface area contributed by atoms with Crippen LogP contribution in [-0.4, -0.2) is 29.4 Å². The number of aliphatic hydroxyl groups is 2. The van der Waals surface area contributed by atoms with Crippen molar-refractivity contribution in [3.63, 3.8) is 0 Å². The molecular weight excluding hydrogens is 306 g/mol. The third-order valence-electron chi connectivity index (χ3n) is 4.60. The van der Waals surface area contributed by atoms with E-state index in [1.54, 1.807) is 6.92 Å². The van der Waals surface area contributed by atoms with Gasteiger partial charge in [0, 0.05) is 34.7 Å². The molecule has 0 bridgehead atoms. The third kappa shape index (κ3) is 2.41. The van der Waals surface area contributed by atoms with E-state index < -0.39 is 6.10 Å². The summed E-state index contributed by atoms with van der Waals surface area (Å²) in [6, 6.07) is 6.03. The fraction of sp³-hybridized carbons (Fsp3) is 0.600. The average Bonchev–Trinajstić information content (AvgIpc) is 2.91. The first-order valence-electron chi connectivity index (χ1n) is 6.97. The second-order valence-electron chi connectivity index (χ2n) is 5.85. The highest BCUT2D eigenvalue weighted by molar-refractivity contribution is 9.10. The van der Waals surface area contributed by atoms with E-state index in [4.69, 9.17) is 0 Å². The van der Waals surface area contributed by atoms with Crippen molar-refractivity contribution in [2.75, 3.05) is 18.0 Å². The number of rotatable bonds is 2. The van der Waals surface area contributed by atoms with Crippen molar-refractivity contribution in [2.45, 2.75) is 32.0 Å². The summed E-state index contributed by atoms with van der Waals surface area (Å²) in [6.07, 6.45) is 1.47. The first-order chi connectivity index (χ1) is 9.06. The Bertz CT molecular complexity index is 477. The van der Waals surface area contributed by atoms with Gasteiger partial charge in [-0.15, -0.1) is 0 Å². The smallest absolute Gasteiger partial charge is 0.0782 e. The summed E-state index contributed by atoms with van der Waals surface area (Å²) < 4.78 is 1.03. The maximum absolute atomic E-state index is 10.0. The van der Waals surface area contributed by atoms with Crippen LogP contribution in [0.5, 0.6) is 0 Å². The Morgan fingerprint density at radius 1 is 1.32 bits per heavy atom. The molecule has 0 aromatic heterocycles. The number of anilines is 1. The van der Waals surface area contributed by atoms with Crippen LogP contribution in [0.2, 0.25) is 0 Å². The zero-order valence-corrected chi connectivity index (χ0v) is 12.7. The fourth-order valence-corrected chi connectivity index (χ4v) is 3.93. The highest BCUT2D eigenvalue weighted by atomic mass is 79.9. The van der Waals surface area contributed by atoms with E-state index in [1.165, 1.54) is 0 Å². The van der Waals surface area contributed by atoms with Crippen LogP contribution in [-0.2, 0) is 0 Å². The molecule has 1 aliphatic heterocycles. The van der Waals surface area contributed by atoms with Crippen LogP contribution in [0.15, 0.2) is 22.7 Å². The summed E-state index contributed by atoms with van der Waals surface area (Å²) in [7, 11) is 0. The summed E-state index contributed by atoms with van der Waals surface area (Å²) in [5, 5.41) is 19.9. The van der Waals surface area contributed by atoms with E-state index in [0.29, 0.717) is 11.8 Å². The number of hydrogen-bond acceptors (Lipinski definition) is 3. The summed E-state index contributed by atoms with van der Waals surface area (Å²) in [6.45, 7) is 3.71. The standard InChI is InChI=1S/C15H20BrNO2/c1-9(18)12-4-3-11(16)6-14(12)17-7-10-2-5-15(19)13(10)8-17/h3-4,6,9-10,13,15,18-19H,2,5,7-8H2,1H3. The van der Waals surface area contributed by atoms with Crippen LogP contribution in [0.4, 0.5) is 5.69 Å². The highest BCUT2D eigenvalue weighted by Crippen LogP contribution is 2.41. The van der Waals surface area contributed by atoms with E-state index in [2.05, 4.69) is 26.9 Å². The molecule has 0 radical (unpaired) electrons. The second-order valence-corrected chi connectivity index (χ2v) is 6.77. The van der Waals surface area contributed by atoms with Crippen LogP contribution in [0, 0.1) is 11.8 Å². The summed E-state index contributed by atoms with van der Waals surface area (Å²) in [4.78, 5) is 2.32. The van der Waals surface area contributed by atoms with Crippen molar-refractivity contribution in [3.8, 4) is 0 Å². The lowest BCUT2D eigenvalue weighted by molar-refractivity contribution is 0.133. The zero-order chi connectivity index (χ0) is 13.6. The van der Waals surface area contributed by atoms with Crippen molar-refractivity contribution in [1.29, 1.82) is 0 Å². The van der Waals surface area contributed by atoms with Gasteiger partial charge in [-0.25, -0.2) is 0 Å². The molecule has 4 atom stereocenters. The average molecular weight is 326 g/mol. The Balaban J connectivity index is 1.89. The number of halogens is 1. The third-order valence-corrected chi connectivity index (χ3v) is 5.10. The molecule has 1 aromatic rings. The fourth-order valence-electron chi connectivity index (χ4n) is 3.58. The lowest BCUT2D eigenvalue weighted by atomic mass is 10.00. The van der Waals surface area contributed by atoms with Crippen LogP contribution < -0.4 is 4.90 Å². The summed E-state index contributed by atoms with van der Waals surface area (Å²) in [5.74, 6) is 1.01. The first kappa shape index (κ1) is 13.4. The Morgan fingerprint density at radius 2 is 2.11 bits per heavy atom. The largest absolute Gasteiger partial charge is 0.393 e. The normalized spacial score (nSPS) is 31.6. The molecule has 1 aliphatic carbocycles. The Labute approximate surface area is 122 Å². The van der Waals surface area contributed by atoms with Gasteiger partial charge in [0.15, 0.2) is 0 Å². The van der Waals surface area contributed by atoms with E-state index >= 15 is 0 Å². The van der Waals surface area contributed by atoms with Gasteiger partial charge in [-0.3, -0.25) is 0 Å². The topological polar surface area (TPSA) is 43.7 Å². The molecule has 2 N–H and O–H groups in total. The molecule has 0 amide bonds. The molecule has 104 valence electrons. The Kier molecular flexibility index (Phi) is 3.58. The van der Waals surface area contributed by atoms with Gasteiger partial charge >= 0.3 is 0 Å². The van der Waals surface area contributed by atoms with Crippen LogP contribution in [0.3, 0.4) is 0 Å². The van der Waals surface area contributed by atoms with Crippen molar-refractivity contribution < 1.29 is 10.2 Å². The van der Waals surface area contributed by atoms with Crippen molar-refractivity contribution >= 4 is 21.6 Å². The predicted octanol–water partition coefficient (Wildman–Crippen LogP) is 2.71. The number of benzene rings is 1. The van der Waals surface area contributed by atoms with Gasteiger partial charge in [0.2, 0.25) is 0 Å². The van der Waals surface area contributed by atoms with Gasteiger partial charge in [0.05, 0.1) is 12.2 Å². The molecule has 1 aromatic carbocycles. The second kappa shape index (κ2) is 5.08. The maximum atomic E-state index is 10.0. The molecule has 2 aliphatic rings. The molecule has 1 saturated heterocycles. The summed E-state index contributed by atoms with van der Waals surface area (Å²) >= 11 is 3.51. The quantitative estimate of drug-likeness (QED) is 0.878. The van der Waals surface area contributed by atoms with E-state index in [9.17, 15) is 10.2 Å². The van der Waals surface area contributed by atoms with Gasteiger partial charge < -0.3 is 15.1 Å². The molecular formula is C15H20BrNO2. The van der Waals surface area contributed by atoms with Crippen molar-refractivity contribution in [1.82, 2.24) is 0 Å². The molecule has 19 heavy (non-hydrogen) atoms. The number of hydrogen-bond donors (Lipinski definition) is 2. The van der Waals surface area contributed by atoms with E-state index in [0.717, 1.165) is 41.7 Å². The Hall–Kier alpha value is -0.580. The minimum Gasteiger partial charge on any atom is -0.393 e. The number of fused-ring (bicyclic) bond motifs is 1. The van der Waals surface area contributed by atoms with Gasteiger partial charge in [-0.2, -0.15) is 0 Å². The monoisotopic (exact) mass is 325 g/mol. The van der Waals surface area contributed by atoms with Crippen LogP contribution in [0.25, 0.3) is 0 Å². The van der Waals surface area contributed by atoms with Crippen LogP contribution >= 0.6 is 15.9 Å². The lowest BCUT2D eigenvalue weighted by Gasteiger charge is -2.25. The predicted molar refractivity (Wildman–Crippen MR) is 79.2 cm³/mol. The van der Waals surface area contributed by atoms with E-state index in [-0.39, 0.29) is 6.10 Å². The van der Waals surface area contributed by atoms with Crippen LogP contribution in [0.1, 0.15) is 31.4 Å². The molecule has 4 unspecified atom stereocenters. The first-order valence-corrected chi connectivity index (χ1v) is 7.76. The van der Waals surface area contributed by atoms with Gasteiger partial charge in [-0.05, 0) is 37.8 Å². The molecule has 1 heterocycles. The molecule has 4 heteroatoms. The van der Waals surface area contributed by atoms with Crippen molar-refractivity contribution in [3.05, 3.63) is 28.2 Å². The number of nitrogens with zero attached hydrogens (tertiary/aromatic N) is 1. The molecule has 0 spiro atoms. The van der Waals surface area contributed by atoms with Gasteiger partial charge in [0.25, 0.3) is 0 Å². The molecule has 1 saturated carbocycles. The Morgan fingerprint density at radius 3 is 2.79 bits per heavy atom. The molecule has 2 fully saturated rings. The summed E-state index contributed by atoms with van der Waals surface area (Å²) in [5.41, 5.74) is 2.07. The van der Waals surface area contributed by atoms with E-state index in [1.807, 2.05) is 12.1 Å². The zero-order valence-electron chi connectivity index (χ0n) is 11.1. The highest BCUT2D eigenvalue weighted by Gasteiger charge is 2.42. The maximum Gasteiger partial charge on any atom is 0.0782 e. The SMILES string of the molecule is CC(O)c1ccc(Br)cc1N1CC2CCC(O)C2C1. The molecule has 3 nitrogen and oxygen atoms in total. The van der Waals surface area contributed by atoms with Gasteiger partial charge in [-0.1, -0.05) is 22.0 Å². The minimum absolute atomic E-state index is 0.142. The minimum atomic E-state index is -0.464. The van der Waals surface area contributed by atoms with Crippen molar-refractivity contribution in [2.24, 2.45) is 11.8 Å².